The molecule has 1 aliphatic rings. The van der Waals surface area contributed by atoms with Gasteiger partial charge < -0.3 is 4.90 Å². The Kier molecular flexibility index (Phi) is 5.30. The largest absolute Gasteiger partial charge is 0.326 e. The Labute approximate surface area is 95.2 Å². The summed E-state index contributed by atoms with van der Waals surface area (Å²) in [6.45, 7) is 0.686. The smallest absolute Gasteiger partial charge is 0.109 e. The molecule has 0 saturated carbocycles. The van der Waals surface area contributed by atoms with Gasteiger partial charge in [0.2, 0.25) is 0 Å². The van der Waals surface area contributed by atoms with Crippen molar-refractivity contribution in [1.82, 2.24) is 9.99 Å². The highest BCUT2D eigenvalue weighted by molar-refractivity contribution is 5.85. The minimum atomic E-state index is 0. The van der Waals surface area contributed by atoms with Crippen LogP contribution < -0.4 is 10.7 Å². The minimum Gasteiger partial charge on any atom is -0.326 e. The average Bonchev–Trinajstić information content (AvgIpc) is 2.54. The molecule has 1 aliphatic heterocycles. The van der Waals surface area contributed by atoms with Crippen molar-refractivity contribution >= 4 is 30.5 Å². The second kappa shape index (κ2) is 5.70. The van der Waals surface area contributed by atoms with Gasteiger partial charge >= 0.3 is 0 Å². The Balaban J connectivity index is 0.000000845. The van der Waals surface area contributed by atoms with E-state index in [9.17, 15) is 0 Å². The fourth-order valence-electron chi connectivity index (χ4n) is 1.13. The molecule has 0 unspecified atom stereocenters. The summed E-state index contributed by atoms with van der Waals surface area (Å²) in [5.41, 5.74) is 1.06. The lowest BCUT2D eigenvalue weighted by molar-refractivity contribution is 0.428. The van der Waals surface area contributed by atoms with Gasteiger partial charge in [-0.05, 0) is 12.1 Å². The molecule has 0 atom stereocenters. The van der Waals surface area contributed by atoms with E-state index >= 15 is 0 Å². The molecule has 2 heterocycles. The zero-order valence-electron chi connectivity index (χ0n) is 7.41. The van der Waals surface area contributed by atoms with E-state index in [1.165, 1.54) is 0 Å². The van der Waals surface area contributed by atoms with Gasteiger partial charge in [0.25, 0.3) is 0 Å². The van der Waals surface area contributed by atoms with Gasteiger partial charge in [0.05, 0.1) is 11.9 Å². The molecule has 2 N–H and O–H groups in total. The summed E-state index contributed by atoms with van der Waals surface area (Å²) in [6, 6.07) is 3.90. The SMILES string of the molecule is Cl.Cl.NN1C=CN(c2cccnc2)C1. The first-order valence-corrected chi connectivity index (χ1v) is 3.72. The molecule has 2 rings (SSSR count). The van der Waals surface area contributed by atoms with Gasteiger partial charge in [-0.25, -0.2) is 5.84 Å². The van der Waals surface area contributed by atoms with Crippen molar-refractivity contribution in [3.63, 3.8) is 0 Å². The van der Waals surface area contributed by atoms with Gasteiger partial charge in [-0.15, -0.1) is 24.8 Å². The molecule has 0 bridgehead atoms. The molecule has 0 radical (unpaired) electrons. The number of rotatable bonds is 1. The first-order chi connectivity index (χ1) is 5.86. The van der Waals surface area contributed by atoms with E-state index in [-0.39, 0.29) is 24.8 Å². The topological polar surface area (TPSA) is 45.4 Å². The number of hydrazine groups is 1. The molecule has 0 aliphatic carbocycles. The zero-order chi connectivity index (χ0) is 8.39. The van der Waals surface area contributed by atoms with Crippen LogP contribution in [0.4, 0.5) is 5.69 Å². The van der Waals surface area contributed by atoms with Crippen molar-refractivity contribution in [2.24, 2.45) is 5.84 Å². The second-order valence-electron chi connectivity index (χ2n) is 2.63. The van der Waals surface area contributed by atoms with Crippen molar-refractivity contribution in [3.05, 3.63) is 36.9 Å². The predicted molar refractivity (Wildman–Crippen MR) is 61.2 cm³/mol. The van der Waals surface area contributed by atoms with Gasteiger partial charge in [-0.2, -0.15) is 0 Å². The summed E-state index contributed by atoms with van der Waals surface area (Å²) in [5, 5.41) is 1.62. The highest BCUT2D eigenvalue weighted by atomic mass is 35.5. The number of anilines is 1. The maximum absolute atomic E-state index is 5.55. The Hall–Kier alpha value is -0.970. The molecule has 0 saturated heterocycles. The maximum atomic E-state index is 5.55. The molecular formula is C8H12Cl2N4. The van der Waals surface area contributed by atoms with Gasteiger partial charge in [0, 0.05) is 18.6 Å². The van der Waals surface area contributed by atoms with E-state index < -0.39 is 0 Å². The van der Waals surface area contributed by atoms with E-state index in [4.69, 9.17) is 5.84 Å². The number of nitrogens with two attached hydrogens (primary N) is 1. The molecule has 0 spiro atoms. The third-order valence-corrected chi connectivity index (χ3v) is 1.73. The van der Waals surface area contributed by atoms with E-state index in [1.807, 2.05) is 35.6 Å². The van der Waals surface area contributed by atoms with Crippen LogP contribution in [-0.4, -0.2) is 16.7 Å². The third-order valence-electron chi connectivity index (χ3n) is 1.73. The number of hydrogen-bond donors (Lipinski definition) is 1. The molecule has 6 heteroatoms. The first-order valence-electron chi connectivity index (χ1n) is 3.72. The van der Waals surface area contributed by atoms with Crippen molar-refractivity contribution in [2.75, 3.05) is 11.6 Å². The highest BCUT2D eigenvalue weighted by Crippen LogP contribution is 2.15. The van der Waals surface area contributed by atoms with Crippen LogP contribution in [0, 0.1) is 0 Å². The Morgan fingerprint density at radius 2 is 2.07 bits per heavy atom. The summed E-state index contributed by atoms with van der Waals surface area (Å²) in [7, 11) is 0. The predicted octanol–water partition coefficient (Wildman–Crippen LogP) is 1.35. The summed E-state index contributed by atoms with van der Waals surface area (Å²) < 4.78 is 0. The van der Waals surface area contributed by atoms with Gasteiger partial charge in [-0.3, -0.25) is 9.99 Å². The van der Waals surface area contributed by atoms with Crippen LogP contribution in [0.25, 0.3) is 0 Å². The van der Waals surface area contributed by atoms with Crippen molar-refractivity contribution in [2.45, 2.75) is 0 Å². The standard InChI is InChI=1S/C8H10N4.2ClH/c9-12-5-4-11(7-12)8-2-1-3-10-6-8;;/h1-6H,7,9H2;2*1H. The normalized spacial score (nSPS) is 13.5. The average molecular weight is 235 g/mol. The zero-order valence-corrected chi connectivity index (χ0v) is 9.04. The fourth-order valence-corrected chi connectivity index (χ4v) is 1.13. The summed E-state index contributed by atoms with van der Waals surface area (Å²) in [6.07, 6.45) is 7.32. The van der Waals surface area contributed by atoms with Crippen LogP contribution in [0.5, 0.6) is 0 Å². The monoisotopic (exact) mass is 234 g/mol. The second-order valence-corrected chi connectivity index (χ2v) is 2.63. The molecule has 78 valence electrons. The molecule has 4 nitrogen and oxygen atoms in total. The van der Waals surface area contributed by atoms with E-state index in [1.54, 1.807) is 11.2 Å². The fraction of sp³-hybridized carbons (Fsp3) is 0.125. The van der Waals surface area contributed by atoms with Crippen LogP contribution in [0.1, 0.15) is 0 Å². The molecular weight excluding hydrogens is 223 g/mol. The van der Waals surface area contributed by atoms with Crippen LogP contribution in [0.2, 0.25) is 0 Å². The lowest BCUT2D eigenvalue weighted by Crippen LogP contribution is -2.29. The maximum Gasteiger partial charge on any atom is 0.109 e. The van der Waals surface area contributed by atoms with E-state index in [2.05, 4.69) is 4.98 Å². The van der Waals surface area contributed by atoms with E-state index in [0.717, 1.165) is 5.69 Å². The van der Waals surface area contributed by atoms with Crippen LogP contribution in [0.3, 0.4) is 0 Å². The number of nitrogens with zero attached hydrogens (tertiary/aromatic N) is 3. The minimum absolute atomic E-state index is 0. The van der Waals surface area contributed by atoms with Crippen LogP contribution in [-0.2, 0) is 0 Å². The summed E-state index contributed by atoms with van der Waals surface area (Å²) >= 11 is 0. The quantitative estimate of drug-likeness (QED) is 0.746. The van der Waals surface area contributed by atoms with Crippen molar-refractivity contribution in [3.8, 4) is 0 Å². The molecule has 14 heavy (non-hydrogen) atoms. The highest BCUT2D eigenvalue weighted by Gasteiger charge is 2.09. The van der Waals surface area contributed by atoms with Crippen molar-refractivity contribution < 1.29 is 0 Å². The molecule has 1 aromatic rings. The first kappa shape index (κ1) is 13.0. The van der Waals surface area contributed by atoms with Crippen LogP contribution in [0.15, 0.2) is 36.9 Å². The Morgan fingerprint density at radius 1 is 1.29 bits per heavy atom. The number of pyridine rings is 1. The lowest BCUT2D eigenvalue weighted by Gasteiger charge is -2.16. The van der Waals surface area contributed by atoms with Gasteiger partial charge in [-0.1, -0.05) is 0 Å². The molecule has 1 aromatic heterocycles. The summed E-state index contributed by atoms with van der Waals surface area (Å²) in [4.78, 5) is 6.04. The van der Waals surface area contributed by atoms with Gasteiger partial charge in [0.15, 0.2) is 0 Å². The van der Waals surface area contributed by atoms with Crippen molar-refractivity contribution in [1.29, 1.82) is 0 Å². The lowest BCUT2D eigenvalue weighted by atomic mass is 10.4. The number of hydrogen-bond acceptors (Lipinski definition) is 4. The summed E-state index contributed by atoms with van der Waals surface area (Å²) in [5.74, 6) is 5.55. The Bertz CT molecular complexity index is 291. The molecule has 0 amide bonds. The number of halogens is 2. The molecule has 0 aromatic carbocycles. The molecule has 0 fully saturated rings. The Morgan fingerprint density at radius 3 is 2.57 bits per heavy atom. The third kappa shape index (κ3) is 2.77. The number of aromatic nitrogens is 1. The van der Waals surface area contributed by atoms with E-state index in [0.29, 0.717) is 6.67 Å². The van der Waals surface area contributed by atoms with Gasteiger partial charge in [0.1, 0.15) is 6.67 Å². The van der Waals surface area contributed by atoms with Crippen LogP contribution >= 0.6 is 24.8 Å².